The lowest BCUT2D eigenvalue weighted by atomic mass is 10.2. The predicted octanol–water partition coefficient (Wildman–Crippen LogP) is 3.53. The van der Waals surface area contributed by atoms with E-state index in [1.165, 1.54) is 5.01 Å². The van der Waals surface area contributed by atoms with Crippen molar-refractivity contribution in [2.24, 2.45) is 0 Å². The Bertz CT molecular complexity index is 454. The fourth-order valence-corrected chi connectivity index (χ4v) is 1.93. The van der Waals surface area contributed by atoms with Gasteiger partial charge in [0.15, 0.2) is 0 Å². The summed E-state index contributed by atoms with van der Waals surface area (Å²) in [5, 5.41) is 1.47. The molecule has 0 aromatic heterocycles. The highest BCUT2D eigenvalue weighted by atomic mass is 79.9. The molecule has 0 atom stereocenters. The molecule has 1 aliphatic heterocycles. The zero-order valence-electron chi connectivity index (χ0n) is 10.1. The monoisotopic (exact) mass is 298 g/mol. The fraction of sp³-hybridized carbons (Fsp3) is 0.417. The van der Waals surface area contributed by atoms with Crippen LogP contribution in [-0.4, -0.2) is 16.7 Å². The Balaban J connectivity index is 2.07. The van der Waals surface area contributed by atoms with Crippen LogP contribution in [0.3, 0.4) is 0 Å². The molecular weight excluding hydrogens is 284 g/mol. The number of rotatable bonds is 0. The van der Waals surface area contributed by atoms with Crippen LogP contribution in [0.5, 0.6) is 0 Å². The lowest BCUT2D eigenvalue weighted by Crippen LogP contribution is -2.36. The molecule has 1 amide bonds. The van der Waals surface area contributed by atoms with Gasteiger partial charge in [-0.25, -0.2) is 9.80 Å². The van der Waals surface area contributed by atoms with E-state index in [0.717, 1.165) is 15.7 Å². The minimum Gasteiger partial charge on any atom is -0.442 e. The second-order valence-electron chi connectivity index (χ2n) is 4.98. The van der Waals surface area contributed by atoms with E-state index >= 15 is 0 Å². The second kappa shape index (κ2) is 4.22. The van der Waals surface area contributed by atoms with Crippen LogP contribution in [0.25, 0.3) is 0 Å². The van der Waals surface area contributed by atoms with E-state index in [2.05, 4.69) is 21.4 Å². The van der Waals surface area contributed by atoms with Gasteiger partial charge in [-0.3, -0.25) is 5.43 Å². The summed E-state index contributed by atoms with van der Waals surface area (Å²) >= 11 is 3.40. The maximum atomic E-state index is 11.8. The average Bonchev–Trinajstić information content (AvgIpc) is 2.57. The number of halogens is 1. The Morgan fingerprint density at radius 2 is 2.18 bits per heavy atom. The first-order chi connectivity index (χ1) is 7.85. The molecule has 92 valence electrons. The van der Waals surface area contributed by atoms with Crippen molar-refractivity contribution in [3.63, 3.8) is 0 Å². The largest absolute Gasteiger partial charge is 0.442 e. The zero-order chi connectivity index (χ0) is 12.6. The molecule has 1 aliphatic rings. The number of hydrazine groups is 1. The SMILES string of the molecule is CC(C)(C)OC(=O)N1Cc2ccc(Br)cc2N1. The molecule has 0 aliphatic carbocycles. The van der Waals surface area contributed by atoms with Gasteiger partial charge in [-0.05, 0) is 38.5 Å². The number of hydrogen-bond donors (Lipinski definition) is 1. The Morgan fingerprint density at radius 1 is 1.47 bits per heavy atom. The molecule has 1 N–H and O–H groups in total. The molecule has 1 heterocycles. The first kappa shape index (κ1) is 12.2. The van der Waals surface area contributed by atoms with Crippen molar-refractivity contribution in [1.82, 2.24) is 5.01 Å². The summed E-state index contributed by atoms with van der Waals surface area (Å²) in [6, 6.07) is 5.88. The van der Waals surface area contributed by atoms with Crippen molar-refractivity contribution in [1.29, 1.82) is 0 Å². The normalized spacial score (nSPS) is 14.2. The van der Waals surface area contributed by atoms with Crippen LogP contribution in [0.2, 0.25) is 0 Å². The third-order valence-electron chi connectivity index (χ3n) is 2.27. The summed E-state index contributed by atoms with van der Waals surface area (Å²) in [6.07, 6.45) is -0.357. The van der Waals surface area contributed by atoms with Crippen molar-refractivity contribution in [3.05, 3.63) is 28.2 Å². The van der Waals surface area contributed by atoms with Crippen LogP contribution in [0.15, 0.2) is 22.7 Å². The third kappa shape index (κ3) is 2.91. The molecule has 17 heavy (non-hydrogen) atoms. The van der Waals surface area contributed by atoms with Gasteiger partial charge in [0.25, 0.3) is 0 Å². The molecule has 0 fully saturated rings. The Morgan fingerprint density at radius 3 is 2.82 bits per heavy atom. The molecule has 0 spiro atoms. The first-order valence-electron chi connectivity index (χ1n) is 5.41. The van der Waals surface area contributed by atoms with Crippen LogP contribution < -0.4 is 5.43 Å². The van der Waals surface area contributed by atoms with Gasteiger partial charge in [0.05, 0.1) is 12.2 Å². The molecule has 0 bridgehead atoms. The van der Waals surface area contributed by atoms with Gasteiger partial charge >= 0.3 is 6.09 Å². The summed E-state index contributed by atoms with van der Waals surface area (Å²) in [4.78, 5) is 11.8. The molecule has 0 unspecified atom stereocenters. The van der Waals surface area contributed by atoms with Gasteiger partial charge in [-0.2, -0.15) is 0 Å². The number of ether oxygens (including phenoxy) is 1. The molecule has 2 rings (SSSR count). The topological polar surface area (TPSA) is 41.6 Å². The Kier molecular flexibility index (Phi) is 3.03. The third-order valence-corrected chi connectivity index (χ3v) is 2.76. The maximum absolute atomic E-state index is 11.8. The summed E-state index contributed by atoms with van der Waals surface area (Å²) in [6.45, 7) is 6.08. The number of carbonyl (C=O) groups is 1. The minimum atomic E-state index is -0.478. The molecular formula is C12H15BrN2O2. The van der Waals surface area contributed by atoms with Gasteiger partial charge in [0, 0.05) is 4.47 Å². The van der Waals surface area contributed by atoms with Gasteiger partial charge in [-0.15, -0.1) is 0 Å². The number of hydrogen-bond acceptors (Lipinski definition) is 3. The fourth-order valence-electron chi connectivity index (χ4n) is 1.57. The summed E-state index contributed by atoms with van der Waals surface area (Å²) in [5.74, 6) is 0. The number of amides is 1. The molecule has 4 nitrogen and oxygen atoms in total. The van der Waals surface area contributed by atoms with Crippen LogP contribution in [0, 0.1) is 0 Å². The first-order valence-corrected chi connectivity index (χ1v) is 6.20. The highest BCUT2D eigenvalue weighted by molar-refractivity contribution is 9.10. The Labute approximate surface area is 109 Å². The van der Waals surface area contributed by atoms with Gasteiger partial charge < -0.3 is 4.74 Å². The highest BCUT2D eigenvalue weighted by Crippen LogP contribution is 2.29. The van der Waals surface area contributed by atoms with E-state index in [4.69, 9.17) is 4.74 Å². The average molecular weight is 299 g/mol. The van der Waals surface area contributed by atoms with E-state index in [0.29, 0.717) is 6.54 Å². The maximum Gasteiger partial charge on any atom is 0.429 e. The van der Waals surface area contributed by atoms with Crippen molar-refractivity contribution in [2.75, 3.05) is 5.43 Å². The number of anilines is 1. The molecule has 0 saturated carbocycles. The Hall–Kier alpha value is -1.23. The van der Waals surface area contributed by atoms with Gasteiger partial charge in [-0.1, -0.05) is 22.0 Å². The number of fused-ring (bicyclic) bond motifs is 1. The van der Waals surface area contributed by atoms with E-state index in [1.54, 1.807) is 0 Å². The number of nitrogens with one attached hydrogen (secondary N) is 1. The van der Waals surface area contributed by atoms with E-state index in [-0.39, 0.29) is 6.09 Å². The molecule has 1 aromatic carbocycles. The molecule has 0 radical (unpaired) electrons. The van der Waals surface area contributed by atoms with E-state index < -0.39 is 5.60 Å². The molecule has 0 saturated heterocycles. The number of nitrogens with zero attached hydrogens (tertiary/aromatic N) is 1. The quantitative estimate of drug-likeness (QED) is 0.797. The summed E-state index contributed by atoms with van der Waals surface area (Å²) in [5.41, 5.74) is 4.57. The summed E-state index contributed by atoms with van der Waals surface area (Å²) in [7, 11) is 0. The van der Waals surface area contributed by atoms with Crippen molar-refractivity contribution >= 4 is 27.7 Å². The van der Waals surface area contributed by atoms with Gasteiger partial charge in [0.2, 0.25) is 0 Å². The van der Waals surface area contributed by atoms with E-state index in [9.17, 15) is 4.79 Å². The summed E-state index contributed by atoms with van der Waals surface area (Å²) < 4.78 is 6.28. The van der Waals surface area contributed by atoms with Crippen LogP contribution >= 0.6 is 15.9 Å². The number of benzene rings is 1. The van der Waals surface area contributed by atoms with Crippen molar-refractivity contribution < 1.29 is 9.53 Å². The minimum absolute atomic E-state index is 0.357. The van der Waals surface area contributed by atoms with Gasteiger partial charge in [0.1, 0.15) is 5.60 Å². The van der Waals surface area contributed by atoms with Crippen LogP contribution in [-0.2, 0) is 11.3 Å². The smallest absolute Gasteiger partial charge is 0.429 e. The highest BCUT2D eigenvalue weighted by Gasteiger charge is 2.27. The predicted molar refractivity (Wildman–Crippen MR) is 69.5 cm³/mol. The standard InChI is InChI=1S/C12H15BrN2O2/c1-12(2,3)17-11(16)15-7-8-4-5-9(13)6-10(8)14-15/h4-6,14H,7H2,1-3H3. The van der Waals surface area contributed by atoms with Crippen LogP contribution in [0.4, 0.5) is 10.5 Å². The second-order valence-corrected chi connectivity index (χ2v) is 5.90. The van der Waals surface area contributed by atoms with Crippen molar-refractivity contribution in [3.8, 4) is 0 Å². The lowest BCUT2D eigenvalue weighted by Gasteiger charge is -2.24. The van der Waals surface area contributed by atoms with E-state index in [1.807, 2.05) is 39.0 Å². The molecule has 5 heteroatoms. The van der Waals surface area contributed by atoms with Crippen molar-refractivity contribution in [2.45, 2.75) is 32.9 Å². The number of carbonyl (C=O) groups excluding carboxylic acids is 1. The lowest BCUT2D eigenvalue weighted by molar-refractivity contribution is 0.0297. The van der Waals surface area contributed by atoms with Crippen LogP contribution in [0.1, 0.15) is 26.3 Å². The zero-order valence-corrected chi connectivity index (χ0v) is 11.7. The molecule has 1 aromatic rings.